The Balaban J connectivity index is 1.50. The Kier molecular flexibility index (Phi) is 6.10. The fourth-order valence-corrected chi connectivity index (χ4v) is 4.28. The van der Waals surface area contributed by atoms with Gasteiger partial charge >= 0.3 is 0 Å². The first-order valence-corrected chi connectivity index (χ1v) is 10.0. The quantitative estimate of drug-likeness (QED) is 0.751. The molecule has 0 radical (unpaired) electrons. The molecule has 1 amide bonds. The molecule has 1 aliphatic rings. The van der Waals surface area contributed by atoms with Crippen molar-refractivity contribution in [2.75, 3.05) is 18.8 Å². The van der Waals surface area contributed by atoms with Crippen molar-refractivity contribution >= 4 is 29.0 Å². The second-order valence-corrected chi connectivity index (χ2v) is 7.69. The van der Waals surface area contributed by atoms with E-state index in [-0.39, 0.29) is 5.91 Å². The third-order valence-corrected chi connectivity index (χ3v) is 5.94. The summed E-state index contributed by atoms with van der Waals surface area (Å²) in [4.78, 5) is 15.7. The summed E-state index contributed by atoms with van der Waals surface area (Å²) in [5, 5.41) is 11.1. The van der Waals surface area contributed by atoms with Crippen LogP contribution < -0.4 is 0 Å². The summed E-state index contributed by atoms with van der Waals surface area (Å²) in [5.41, 5.74) is 0. The Morgan fingerprint density at radius 2 is 2.09 bits per heavy atom. The van der Waals surface area contributed by atoms with Gasteiger partial charge in [0.2, 0.25) is 5.91 Å². The minimum absolute atomic E-state index is 0.227. The van der Waals surface area contributed by atoms with Crippen LogP contribution in [0.4, 0.5) is 0 Å². The number of carbonyl (C=O) groups is 1. The molecule has 2 aromatic rings. The zero-order valence-corrected chi connectivity index (χ0v) is 14.8. The number of nitrogens with zero attached hydrogens (tertiary/aromatic N) is 4. The number of thioether (sulfide) groups is 1. The summed E-state index contributed by atoms with van der Waals surface area (Å²) in [6, 6.07) is 4.21. The van der Waals surface area contributed by atoms with Crippen molar-refractivity contribution in [2.24, 2.45) is 0 Å². The van der Waals surface area contributed by atoms with E-state index in [2.05, 4.69) is 27.7 Å². The van der Waals surface area contributed by atoms with Crippen molar-refractivity contribution < 1.29 is 4.79 Å². The molecule has 0 unspecified atom stereocenters. The average Bonchev–Trinajstić information content (AvgIpc) is 3.16. The number of rotatable bonds is 6. The second-order valence-electron chi connectivity index (χ2n) is 5.72. The average molecular weight is 351 g/mol. The first-order chi connectivity index (χ1) is 11.3. The molecular formula is C16H22N4OS2. The highest BCUT2D eigenvalue weighted by Crippen LogP contribution is 2.18. The van der Waals surface area contributed by atoms with E-state index in [0.717, 1.165) is 44.1 Å². The minimum Gasteiger partial charge on any atom is -0.342 e. The third kappa shape index (κ3) is 4.81. The predicted octanol–water partition coefficient (Wildman–Crippen LogP) is 3.08. The lowest BCUT2D eigenvalue weighted by atomic mass is 10.2. The van der Waals surface area contributed by atoms with Crippen molar-refractivity contribution in [3.8, 4) is 0 Å². The van der Waals surface area contributed by atoms with Gasteiger partial charge in [0, 0.05) is 24.5 Å². The van der Waals surface area contributed by atoms with Gasteiger partial charge in [-0.1, -0.05) is 30.7 Å². The van der Waals surface area contributed by atoms with Crippen molar-refractivity contribution in [1.29, 1.82) is 0 Å². The van der Waals surface area contributed by atoms with Crippen molar-refractivity contribution in [3.05, 3.63) is 28.7 Å². The molecule has 1 aliphatic heterocycles. The van der Waals surface area contributed by atoms with Gasteiger partial charge in [0.05, 0.1) is 5.75 Å². The van der Waals surface area contributed by atoms with E-state index in [1.54, 1.807) is 17.7 Å². The number of thiophene rings is 1. The summed E-state index contributed by atoms with van der Waals surface area (Å²) in [5.74, 6) is 0.683. The summed E-state index contributed by atoms with van der Waals surface area (Å²) in [6.07, 6.45) is 7.48. The Morgan fingerprint density at radius 3 is 2.83 bits per heavy atom. The van der Waals surface area contributed by atoms with E-state index < -0.39 is 0 Å². The molecule has 0 N–H and O–H groups in total. The van der Waals surface area contributed by atoms with E-state index in [1.807, 2.05) is 9.47 Å². The van der Waals surface area contributed by atoms with E-state index in [9.17, 15) is 4.79 Å². The van der Waals surface area contributed by atoms with Gasteiger partial charge in [-0.15, -0.1) is 21.5 Å². The van der Waals surface area contributed by atoms with Crippen molar-refractivity contribution in [2.45, 2.75) is 43.8 Å². The van der Waals surface area contributed by atoms with E-state index in [4.69, 9.17) is 0 Å². The molecule has 1 fully saturated rings. The van der Waals surface area contributed by atoms with Crippen LogP contribution in [-0.2, 0) is 17.8 Å². The van der Waals surface area contributed by atoms with Gasteiger partial charge < -0.3 is 9.47 Å². The van der Waals surface area contributed by atoms with Crippen LogP contribution in [0.15, 0.2) is 29.0 Å². The Hall–Kier alpha value is -1.34. The molecule has 124 valence electrons. The summed E-state index contributed by atoms with van der Waals surface area (Å²) in [6.45, 7) is 2.67. The van der Waals surface area contributed by atoms with Gasteiger partial charge in [-0.2, -0.15) is 0 Å². The lowest BCUT2D eigenvalue weighted by molar-refractivity contribution is -0.128. The second kappa shape index (κ2) is 8.49. The van der Waals surface area contributed by atoms with Gasteiger partial charge in [-0.05, 0) is 30.7 Å². The highest BCUT2D eigenvalue weighted by molar-refractivity contribution is 7.99. The number of aryl methyl sites for hydroxylation is 2. The van der Waals surface area contributed by atoms with Crippen LogP contribution in [0, 0.1) is 0 Å². The van der Waals surface area contributed by atoms with Crippen LogP contribution >= 0.6 is 23.1 Å². The molecule has 0 bridgehead atoms. The molecule has 3 rings (SSSR count). The molecule has 2 aromatic heterocycles. The maximum Gasteiger partial charge on any atom is 0.233 e. The molecule has 0 aromatic carbocycles. The van der Waals surface area contributed by atoms with Crippen LogP contribution in [-0.4, -0.2) is 44.4 Å². The summed E-state index contributed by atoms with van der Waals surface area (Å²) < 4.78 is 2.04. The third-order valence-electron chi connectivity index (χ3n) is 4.04. The fraction of sp³-hybridized carbons (Fsp3) is 0.562. The highest BCUT2D eigenvalue weighted by Gasteiger charge is 2.17. The molecule has 5 nitrogen and oxygen atoms in total. The lowest BCUT2D eigenvalue weighted by Gasteiger charge is -2.19. The van der Waals surface area contributed by atoms with Crippen LogP contribution in [0.2, 0.25) is 0 Å². The molecular weight excluding hydrogens is 328 g/mol. The van der Waals surface area contributed by atoms with Crippen molar-refractivity contribution in [3.63, 3.8) is 0 Å². The topological polar surface area (TPSA) is 51.0 Å². The number of likely N-dealkylation sites (tertiary alicyclic amines) is 1. The molecule has 0 saturated carbocycles. The SMILES string of the molecule is O=C(CSc1nncn1CCc1cccs1)N1CCCCCC1. The minimum atomic E-state index is 0.227. The van der Waals surface area contributed by atoms with Gasteiger partial charge in [-0.3, -0.25) is 4.79 Å². The van der Waals surface area contributed by atoms with E-state index in [1.165, 1.54) is 29.5 Å². The lowest BCUT2D eigenvalue weighted by Crippen LogP contribution is -2.33. The molecule has 0 spiro atoms. The van der Waals surface area contributed by atoms with Crippen LogP contribution in [0.5, 0.6) is 0 Å². The first kappa shape index (κ1) is 16.5. The number of hydrogen-bond donors (Lipinski definition) is 0. The molecule has 3 heterocycles. The van der Waals surface area contributed by atoms with Crippen LogP contribution in [0.25, 0.3) is 0 Å². The number of carbonyl (C=O) groups excluding carboxylic acids is 1. The molecule has 0 aliphatic carbocycles. The maximum absolute atomic E-state index is 12.4. The van der Waals surface area contributed by atoms with Gasteiger partial charge in [0.15, 0.2) is 5.16 Å². The van der Waals surface area contributed by atoms with Crippen LogP contribution in [0.1, 0.15) is 30.6 Å². The Morgan fingerprint density at radius 1 is 1.26 bits per heavy atom. The first-order valence-electron chi connectivity index (χ1n) is 8.14. The molecule has 23 heavy (non-hydrogen) atoms. The zero-order valence-electron chi connectivity index (χ0n) is 13.2. The van der Waals surface area contributed by atoms with Gasteiger partial charge in [0.1, 0.15) is 6.33 Å². The molecule has 1 saturated heterocycles. The van der Waals surface area contributed by atoms with Crippen molar-refractivity contribution in [1.82, 2.24) is 19.7 Å². The van der Waals surface area contributed by atoms with Crippen LogP contribution in [0.3, 0.4) is 0 Å². The molecule has 0 atom stereocenters. The predicted molar refractivity (Wildman–Crippen MR) is 93.8 cm³/mol. The Labute approximate surface area is 145 Å². The van der Waals surface area contributed by atoms with E-state index >= 15 is 0 Å². The summed E-state index contributed by atoms with van der Waals surface area (Å²) >= 11 is 3.27. The Bertz CT molecular complexity index is 603. The van der Waals surface area contributed by atoms with E-state index in [0.29, 0.717) is 5.75 Å². The fourth-order valence-electron chi connectivity index (χ4n) is 2.73. The zero-order chi connectivity index (χ0) is 15.9. The standard InChI is InChI=1S/C16H22N4OS2/c21-15(19-8-3-1-2-4-9-19)12-23-16-18-17-13-20(16)10-7-14-6-5-11-22-14/h5-6,11,13H,1-4,7-10,12H2. The molecule has 7 heteroatoms. The smallest absolute Gasteiger partial charge is 0.233 e. The van der Waals surface area contributed by atoms with Gasteiger partial charge in [0.25, 0.3) is 0 Å². The number of aromatic nitrogens is 3. The largest absolute Gasteiger partial charge is 0.342 e. The number of amides is 1. The number of hydrogen-bond acceptors (Lipinski definition) is 5. The maximum atomic E-state index is 12.4. The summed E-state index contributed by atoms with van der Waals surface area (Å²) in [7, 11) is 0. The normalized spacial score (nSPS) is 15.6. The highest BCUT2D eigenvalue weighted by atomic mass is 32.2. The van der Waals surface area contributed by atoms with Gasteiger partial charge in [-0.25, -0.2) is 0 Å². The monoisotopic (exact) mass is 350 g/mol.